The van der Waals surface area contributed by atoms with Gasteiger partial charge in [-0.05, 0) is 0 Å². The average Bonchev–Trinajstić information content (AvgIpc) is 2.96. The third kappa shape index (κ3) is 2.23. The van der Waals surface area contributed by atoms with Gasteiger partial charge in [0.1, 0.15) is 0 Å². The van der Waals surface area contributed by atoms with Gasteiger partial charge in [-0.2, -0.15) is 0 Å². The molecule has 0 aromatic heterocycles. The number of cyclic esters (lactones) is 3. The first-order valence-corrected chi connectivity index (χ1v) is 7.98. The molecular weight excluding hydrogens is 472 g/mol. The van der Waals surface area contributed by atoms with E-state index in [4.69, 9.17) is 9.47 Å². The second kappa shape index (κ2) is 4.96. The van der Waals surface area contributed by atoms with Crippen LogP contribution in [0.3, 0.4) is 0 Å². The molecule has 0 atom stereocenters. The Morgan fingerprint density at radius 1 is 0.696 bits per heavy atom. The van der Waals surface area contributed by atoms with Crippen molar-refractivity contribution >= 4 is 22.0 Å². The van der Waals surface area contributed by atoms with Gasteiger partial charge in [-0.25, -0.2) is 0 Å². The first-order valence-electron chi connectivity index (χ1n) is 6.52. The third-order valence-electron chi connectivity index (χ3n) is 3.47. The van der Waals surface area contributed by atoms with Crippen molar-refractivity contribution in [1.29, 1.82) is 0 Å². The quantitative estimate of drug-likeness (QED) is 0.486. The molecule has 0 N–H and O–H groups in total. The van der Waals surface area contributed by atoms with Gasteiger partial charge < -0.3 is 0 Å². The van der Waals surface area contributed by atoms with E-state index in [0.717, 1.165) is 19.4 Å². The van der Waals surface area contributed by atoms with E-state index in [2.05, 4.69) is 4.74 Å². The molecule has 0 saturated heterocycles. The second-order valence-electron chi connectivity index (χ2n) is 4.87. The van der Waals surface area contributed by atoms with E-state index in [-0.39, 0.29) is 17.1 Å². The van der Waals surface area contributed by atoms with Gasteiger partial charge in [-0.15, -0.1) is 0 Å². The molecular formula is C16H6O6W. The minimum absolute atomic E-state index is 0.180. The maximum absolute atomic E-state index is 11.6. The summed E-state index contributed by atoms with van der Waals surface area (Å²) in [6, 6.07) is 9.51. The number of carbonyl (C=O) groups excluding carboxylic acids is 3. The number of rotatable bonds is 2. The summed E-state index contributed by atoms with van der Waals surface area (Å²) >= 11 is 1.04. The molecule has 112 valence electrons. The molecule has 0 saturated carbocycles. The fourth-order valence-electron chi connectivity index (χ4n) is 2.39. The summed E-state index contributed by atoms with van der Waals surface area (Å²) < 4.78 is 15.9. The van der Waals surface area contributed by atoms with E-state index in [1.54, 1.807) is 24.3 Å². The Bertz CT molecular complexity index is 855. The van der Waals surface area contributed by atoms with Gasteiger partial charge >= 0.3 is 140 Å². The van der Waals surface area contributed by atoms with Crippen LogP contribution in [0.2, 0.25) is 0 Å². The number of fused-ring (bicyclic) bond motifs is 2. The molecule has 0 amide bonds. The molecule has 0 aliphatic carbocycles. The van der Waals surface area contributed by atoms with E-state index in [1.165, 1.54) is 12.1 Å². The number of carbonyl (C=O) groups is 3. The molecule has 2 aromatic carbocycles. The van der Waals surface area contributed by atoms with Gasteiger partial charge in [0.2, 0.25) is 0 Å². The second-order valence-corrected chi connectivity index (χ2v) is 6.20. The molecule has 2 heterocycles. The van der Waals surface area contributed by atoms with Crippen LogP contribution in [-0.4, -0.2) is 22.0 Å². The fraction of sp³-hybridized carbons (Fsp3) is 0. The average molecular weight is 478 g/mol. The van der Waals surface area contributed by atoms with Gasteiger partial charge in [0.15, 0.2) is 0 Å². The van der Waals surface area contributed by atoms with Crippen LogP contribution in [0.25, 0.3) is 0 Å². The number of ether oxygens (including phenoxy) is 3. The Morgan fingerprint density at radius 3 is 1.91 bits per heavy atom. The van der Waals surface area contributed by atoms with Gasteiger partial charge in [-0.1, -0.05) is 0 Å². The van der Waals surface area contributed by atoms with Crippen molar-refractivity contribution in [3.05, 3.63) is 58.7 Å². The van der Waals surface area contributed by atoms with Gasteiger partial charge in [0, 0.05) is 0 Å². The summed E-state index contributed by atoms with van der Waals surface area (Å²) in [7, 11) is 0. The van der Waals surface area contributed by atoms with E-state index in [9.17, 15) is 14.4 Å². The van der Waals surface area contributed by atoms with Crippen LogP contribution in [0.5, 0.6) is 11.5 Å². The molecule has 0 unspecified atom stereocenters. The predicted octanol–water partition coefficient (Wildman–Crippen LogP) is 1.98. The Labute approximate surface area is 140 Å². The van der Waals surface area contributed by atoms with Crippen LogP contribution in [0, 0.1) is 0 Å². The molecule has 0 fully saturated rings. The van der Waals surface area contributed by atoms with Gasteiger partial charge in [-0.3, -0.25) is 0 Å². The van der Waals surface area contributed by atoms with Gasteiger partial charge in [0.05, 0.1) is 0 Å². The van der Waals surface area contributed by atoms with Crippen LogP contribution in [0.4, 0.5) is 0 Å². The van der Waals surface area contributed by atoms with Crippen LogP contribution < -0.4 is 4.74 Å². The van der Waals surface area contributed by atoms with Crippen molar-refractivity contribution in [1.82, 2.24) is 0 Å². The molecule has 4 rings (SSSR count). The summed E-state index contributed by atoms with van der Waals surface area (Å²) in [6.45, 7) is 0. The van der Waals surface area contributed by atoms with E-state index in [0.29, 0.717) is 26.7 Å². The van der Waals surface area contributed by atoms with Crippen molar-refractivity contribution in [2.45, 2.75) is 0 Å². The first kappa shape index (κ1) is 14.0. The Hall–Kier alpha value is -2.59. The summed E-state index contributed by atoms with van der Waals surface area (Å²) in [5.74, 6) is -0.812. The number of hydrogen-bond donors (Lipinski definition) is 0. The maximum atomic E-state index is 11.6. The summed E-state index contributed by atoms with van der Waals surface area (Å²) in [6.07, 6.45) is 0. The topological polar surface area (TPSA) is 78.9 Å². The number of esters is 3. The Balaban J connectivity index is 1.68. The molecule has 23 heavy (non-hydrogen) atoms. The van der Waals surface area contributed by atoms with Crippen LogP contribution in [0.1, 0.15) is 36.6 Å². The molecule has 2 aliphatic heterocycles. The zero-order valence-electron chi connectivity index (χ0n) is 11.3. The molecule has 2 aromatic rings. The molecule has 0 radical (unpaired) electrons. The number of benzene rings is 2. The summed E-state index contributed by atoms with van der Waals surface area (Å²) in [4.78, 5) is 34.6. The standard InChI is InChI=1S/C16H6O6.W/c17-14-11-3-1-9(5-8(11)7-20-14)21-10-2-4-12-13(6-10)16(19)22-15(12)18;/h1-6H;. The van der Waals surface area contributed by atoms with Crippen LogP contribution >= 0.6 is 0 Å². The molecule has 0 spiro atoms. The zero-order valence-corrected chi connectivity index (χ0v) is 14.3. The summed E-state index contributed by atoms with van der Waals surface area (Å²) in [5, 5.41) is 0. The summed E-state index contributed by atoms with van der Waals surface area (Å²) in [5.41, 5.74) is 1.62. The van der Waals surface area contributed by atoms with Gasteiger partial charge in [0.25, 0.3) is 0 Å². The third-order valence-corrected chi connectivity index (χ3v) is 4.56. The van der Waals surface area contributed by atoms with Crippen molar-refractivity contribution in [2.24, 2.45) is 0 Å². The molecule has 7 heteroatoms. The molecule has 0 bridgehead atoms. The van der Waals surface area contributed by atoms with Crippen molar-refractivity contribution < 1.29 is 47.9 Å². The van der Waals surface area contributed by atoms with Crippen LogP contribution in [0.15, 0.2) is 36.4 Å². The molecule has 2 aliphatic rings. The Kier molecular flexibility index (Phi) is 3.03. The normalized spacial score (nSPS) is 15.1. The van der Waals surface area contributed by atoms with E-state index in [1.807, 2.05) is 0 Å². The zero-order chi connectivity index (χ0) is 16.1. The Morgan fingerprint density at radius 2 is 1.22 bits per heavy atom. The van der Waals surface area contributed by atoms with Crippen molar-refractivity contribution in [3.63, 3.8) is 0 Å². The van der Waals surface area contributed by atoms with Crippen molar-refractivity contribution in [3.8, 4) is 11.5 Å². The van der Waals surface area contributed by atoms with Crippen LogP contribution in [-0.2, 0) is 28.8 Å². The SMILES string of the molecule is O=C1OC(=O)c2cc(Oc3ccc4c(c3)[C](=[W])OC4=O)ccc21. The molecule has 6 nitrogen and oxygen atoms in total. The van der Waals surface area contributed by atoms with E-state index >= 15 is 0 Å². The van der Waals surface area contributed by atoms with E-state index < -0.39 is 11.9 Å². The fourth-order valence-corrected chi connectivity index (χ4v) is 3.27. The van der Waals surface area contributed by atoms with Crippen molar-refractivity contribution in [2.75, 3.05) is 0 Å². The minimum atomic E-state index is -0.684. The number of hydrogen-bond acceptors (Lipinski definition) is 6. The predicted molar refractivity (Wildman–Crippen MR) is 72.2 cm³/mol. The monoisotopic (exact) mass is 478 g/mol. The first-order chi connectivity index (χ1) is 11.0.